The van der Waals surface area contributed by atoms with E-state index in [0.717, 1.165) is 37.2 Å². The van der Waals surface area contributed by atoms with Crippen LogP contribution in [0.25, 0.3) is 0 Å². The molecule has 7 heteroatoms. The van der Waals surface area contributed by atoms with Gasteiger partial charge in [-0.25, -0.2) is 0 Å². The summed E-state index contributed by atoms with van der Waals surface area (Å²) in [5.41, 5.74) is 1.51. The number of hydrogen-bond donors (Lipinski definition) is 2. The molecule has 1 fully saturated rings. The Morgan fingerprint density at radius 1 is 1.22 bits per heavy atom. The van der Waals surface area contributed by atoms with Crippen LogP contribution in [0, 0.1) is 0 Å². The van der Waals surface area contributed by atoms with Crippen molar-refractivity contribution in [2.24, 2.45) is 0 Å². The number of likely N-dealkylation sites (tertiary alicyclic amines) is 1. The molecule has 7 nitrogen and oxygen atoms in total. The summed E-state index contributed by atoms with van der Waals surface area (Å²) in [4.78, 5) is 41.4. The van der Waals surface area contributed by atoms with Gasteiger partial charge in [-0.15, -0.1) is 0 Å². The summed E-state index contributed by atoms with van der Waals surface area (Å²) in [5, 5.41) is 5.33. The molecule has 0 aliphatic carbocycles. The Balaban J connectivity index is 1.63. The van der Waals surface area contributed by atoms with Crippen LogP contribution in [0.4, 0.5) is 5.69 Å². The molecule has 0 unspecified atom stereocenters. The molecule has 2 aliphatic heterocycles. The van der Waals surface area contributed by atoms with Gasteiger partial charge >= 0.3 is 11.8 Å². The van der Waals surface area contributed by atoms with Crippen molar-refractivity contribution in [3.63, 3.8) is 0 Å². The molecule has 1 aromatic carbocycles. The van der Waals surface area contributed by atoms with Crippen molar-refractivity contribution in [3.05, 3.63) is 29.8 Å². The van der Waals surface area contributed by atoms with E-state index in [4.69, 9.17) is 0 Å². The minimum absolute atomic E-state index is 0.0308. The first kappa shape index (κ1) is 19.4. The average Bonchev–Trinajstić information content (AvgIpc) is 3.22. The molecule has 3 amide bonds. The van der Waals surface area contributed by atoms with E-state index < -0.39 is 17.9 Å². The molecule has 0 radical (unpaired) electrons. The second-order valence-corrected chi connectivity index (χ2v) is 7.40. The maximum absolute atomic E-state index is 12.8. The van der Waals surface area contributed by atoms with Crippen LogP contribution in [0.15, 0.2) is 24.3 Å². The number of anilines is 1. The summed E-state index contributed by atoms with van der Waals surface area (Å²) in [6.07, 6.45) is 2.13. The Bertz CT molecular complexity index is 734. The molecule has 3 rings (SSSR count). The molecular formula is C20H28N4O3. The van der Waals surface area contributed by atoms with Crippen LogP contribution in [-0.2, 0) is 14.4 Å². The third-order valence-electron chi connectivity index (χ3n) is 5.39. The number of para-hydroxylation sites is 1. The van der Waals surface area contributed by atoms with E-state index in [0.29, 0.717) is 6.54 Å². The number of nitrogens with one attached hydrogen (secondary N) is 2. The summed E-state index contributed by atoms with van der Waals surface area (Å²) in [6.45, 7) is 8.36. The molecule has 0 saturated carbocycles. The van der Waals surface area contributed by atoms with Crippen LogP contribution in [0.3, 0.4) is 0 Å². The van der Waals surface area contributed by atoms with Crippen LogP contribution >= 0.6 is 0 Å². The highest BCUT2D eigenvalue weighted by Crippen LogP contribution is 2.36. The highest BCUT2D eigenvalue weighted by Gasteiger charge is 2.40. The Labute approximate surface area is 160 Å². The van der Waals surface area contributed by atoms with E-state index in [2.05, 4.69) is 22.5 Å². The minimum Gasteiger partial charge on any atom is -0.346 e. The fraction of sp³-hybridized carbons (Fsp3) is 0.550. The first-order valence-electron chi connectivity index (χ1n) is 9.68. The first-order chi connectivity index (χ1) is 12.9. The Kier molecular flexibility index (Phi) is 5.79. The fourth-order valence-corrected chi connectivity index (χ4v) is 4.04. The van der Waals surface area contributed by atoms with Crippen LogP contribution in [0.5, 0.6) is 0 Å². The number of hydrogen-bond acceptors (Lipinski definition) is 4. The van der Waals surface area contributed by atoms with Crippen LogP contribution in [0.1, 0.15) is 45.2 Å². The number of benzene rings is 1. The van der Waals surface area contributed by atoms with Crippen LogP contribution < -0.4 is 15.5 Å². The zero-order chi connectivity index (χ0) is 19.6. The van der Waals surface area contributed by atoms with Gasteiger partial charge in [0, 0.05) is 29.9 Å². The third kappa shape index (κ3) is 3.83. The Morgan fingerprint density at radius 2 is 1.96 bits per heavy atom. The molecule has 0 bridgehead atoms. The number of likely N-dealkylation sites (N-methyl/N-ethyl adjacent to an activating group) is 1. The van der Waals surface area contributed by atoms with E-state index in [1.54, 1.807) is 4.90 Å². The van der Waals surface area contributed by atoms with E-state index in [1.807, 2.05) is 38.1 Å². The molecule has 146 valence electrons. The smallest absolute Gasteiger partial charge is 0.310 e. The van der Waals surface area contributed by atoms with Crippen molar-refractivity contribution >= 4 is 23.4 Å². The number of rotatable bonds is 5. The highest BCUT2D eigenvalue weighted by atomic mass is 16.2. The van der Waals surface area contributed by atoms with Crippen molar-refractivity contribution < 1.29 is 14.4 Å². The van der Waals surface area contributed by atoms with Gasteiger partial charge in [-0.1, -0.05) is 25.1 Å². The number of carbonyl (C=O) groups is 3. The van der Waals surface area contributed by atoms with Crippen molar-refractivity contribution in [1.29, 1.82) is 0 Å². The average molecular weight is 372 g/mol. The van der Waals surface area contributed by atoms with Gasteiger partial charge in [-0.2, -0.15) is 0 Å². The van der Waals surface area contributed by atoms with Gasteiger partial charge in [-0.3, -0.25) is 19.3 Å². The minimum atomic E-state index is -0.819. The lowest BCUT2D eigenvalue weighted by atomic mass is 10.1. The molecular weight excluding hydrogens is 344 g/mol. The third-order valence-corrected chi connectivity index (χ3v) is 5.39. The Hall–Kier alpha value is -2.41. The number of fused-ring (bicyclic) bond motifs is 1. The van der Waals surface area contributed by atoms with Crippen molar-refractivity contribution in [2.45, 2.75) is 51.7 Å². The van der Waals surface area contributed by atoms with Gasteiger partial charge in [0.1, 0.15) is 6.04 Å². The zero-order valence-electron chi connectivity index (χ0n) is 16.2. The first-order valence-corrected chi connectivity index (χ1v) is 9.68. The van der Waals surface area contributed by atoms with Gasteiger partial charge < -0.3 is 15.5 Å². The quantitative estimate of drug-likeness (QED) is 0.761. The van der Waals surface area contributed by atoms with Gasteiger partial charge in [0.2, 0.25) is 0 Å². The van der Waals surface area contributed by atoms with E-state index in [1.165, 1.54) is 0 Å². The number of nitrogens with zero attached hydrogens (tertiary/aromatic N) is 2. The van der Waals surface area contributed by atoms with Gasteiger partial charge in [0.05, 0.1) is 0 Å². The number of amides is 3. The van der Waals surface area contributed by atoms with Crippen molar-refractivity contribution in [2.75, 3.05) is 24.5 Å². The molecule has 2 N–H and O–H groups in total. The lowest BCUT2D eigenvalue weighted by Crippen LogP contribution is -2.48. The highest BCUT2D eigenvalue weighted by molar-refractivity contribution is 6.35. The summed E-state index contributed by atoms with van der Waals surface area (Å²) in [7, 11) is 0. The molecule has 0 aromatic heterocycles. The molecule has 1 saturated heterocycles. The van der Waals surface area contributed by atoms with Gasteiger partial charge in [-0.05, 0) is 45.8 Å². The van der Waals surface area contributed by atoms with E-state index >= 15 is 0 Å². The monoisotopic (exact) mass is 372 g/mol. The molecule has 2 aliphatic rings. The lowest BCUT2D eigenvalue weighted by molar-refractivity contribution is -0.140. The summed E-state index contributed by atoms with van der Waals surface area (Å²) >= 11 is 0. The van der Waals surface area contributed by atoms with E-state index in [-0.39, 0.29) is 18.0 Å². The zero-order valence-corrected chi connectivity index (χ0v) is 16.2. The Morgan fingerprint density at radius 3 is 2.67 bits per heavy atom. The van der Waals surface area contributed by atoms with Crippen molar-refractivity contribution in [1.82, 2.24) is 15.5 Å². The summed E-state index contributed by atoms with van der Waals surface area (Å²) < 4.78 is 0. The largest absolute Gasteiger partial charge is 0.346 e. The van der Waals surface area contributed by atoms with Gasteiger partial charge in [0.15, 0.2) is 0 Å². The molecule has 2 heterocycles. The molecule has 1 aromatic rings. The molecule has 27 heavy (non-hydrogen) atoms. The van der Waals surface area contributed by atoms with Crippen molar-refractivity contribution in [3.8, 4) is 0 Å². The molecule has 0 spiro atoms. The standard InChI is InChI=1S/C20H28N4O3/c1-4-23-11-7-8-14(23)12-21-18(25)19(26)22-17-15-9-5-6-10-16(15)24(13(2)3)20(17)27/h5-6,9-10,13-14,17H,4,7-8,11-12H2,1-3H3,(H,21,25)(H,22,26)/t14-,17-/m0/s1. The number of carbonyl (C=O) groups excluding carboxylic acids is 3. The van der Waals surface area contributed by atoms with Gasteiger partial charge in [0.25, 0.3) is 5.91 Å². The lowest BCUT2D eigenvalue weighted by Gasteiger charge is -2.23. The SMILES string of the molecule is CCN1CCC[C@H]1CNC(=O)C(=O)N[C@@H]1C(=O)N(C(C)C)c2ccccc21. The summed E-state index contributed by atoms with van der Waals surface area (Å²) in [6, 6.07) is 6.79. The maximum atomic E-state index is 12.8. The fourth-order valence-electron chi connectivity index (χ4n) is 4.04. The maximum Gasteiger partial charge on any atom is 0.310 e. The van der Waals surface area contributed by atoms with E-state index in [9.17, 15) is 14.4 Å². The normalized spacial score (nSPS) is 22.2. The topological polar surface area (TPSA) is 81.8 Å². The van der Waals surface area contributed by atoms with Crippen LogP contribution in [-0.4, -0.2) is 54.3 Å². The predicted octanol–water partition coefficient (Wildman–Crippen LogP) is 1.20. The second-order valence-electron chi connectivity index (χ2n) is 7.40. The van der Waals surface area contributed by atoms with Crippen LogP contribution in [0.2, 0.25) is 0 Å². The predicted molar refractivity (Wildman–Crippen MR) is 103 cm³/mol. The second kappa shape index (κ2) is 8.08. The molecule has 2 atom stereocenters. The summed E-state index contributed by atoms with van der Waals surface area (Å²) in [5.74, 6) is -1.67.